The van der Waals surface area contributed by atoms with E-state index >= 15 is 0 Å². The molecule has 2 saturated heterocycles. The Morgan fingerprint density at radius 1 is 1.26 bits per heavy atom. The molecule has 1 amide bonds. The topological polar surface area (TPSA) is 48.5 Å². The Bertz CT molecular complexity index is 583. The van der Waals surface area contributed by atoms with Crippen molar-refractivity contribution in [3.8, 4) is 0 Å². The Morgan fingerprint density at radius 3 is 2.91 bits per heavy atom. The Balaban J connectivity index is 1.54. The number of nitrogens with one attached hydrogen (secondary N) is 1. The maximum atomic E-state index is 13.1. The monoisotopic (exact) mass is 334 g/mol. The van der Waals surface area contributed by atoms with Crippen LogP contribution in [0, 0.1) is 0 Å². The summed E-state index contributed by atoms with van der Waals surface area (Å²) in [5, 5.41) is 4.28. The van der Waals surface area contributed by atoms with Gasteiger partial charge in [0.2, 0.25) is 5.91 Å². The second kappa shape index (κ2) is 6.15. The van der Waals surface area contributed by atoms with Crippen LogP contribution in [0.15, 0.2) is 6.20 Å². The summed E-state index contributed by atoms with van der Waals surface area (Å²) in [6.07, 6.45) is 8.62. The van der Waals surface area contributed by atoms with Crippen molar-refractivity contribution < 1.29 is 4.79 Å². The van der Waals surface area contributed by atoms with Crippen molar-refractivity contribution >= 4 is 22.4 Å². The normalized spacial score (nSPS) is 30.5. The van der Waals surface area contributed by atoms with E-state index in [0.717, 1.165) is 37.9 Å². The number of aromatic nitrogens is 1. The van der Waals surface area contributed by atoms with E-state index in [1.54, 1.807) is 11.3 Å². The largest absolute Gasteiger partial charge is 0.313 e. The van der Waals surface area contributed by atoms with Gasteiger partial charge in [0, 0.05) is 43.8 Å². The van der Waals surface area contributed by atoms with E-state index in [9.17, 15) is 4.79 Å². The maximum Gasteiger partial charge on any atom is 0.250 e. The number of carbonyl (C=O) groups is 1. The number of carbonyl (C=O) groups excluding carboxylic acids is 1. The molecule has 6 heteroatoms. The molecule has 1 atom stereocenters. The molecule has 126 valence electrons. The van der Waals surface area contributed by atoms with Crippen LogP contribution in [0.5, 0.6) is 0 Å². The van der Waals surface area contributed by atoms with Crippen molar-refractivity contribution in [2.24, 2.45) is 0 Å². The minimum absolute atomic E-state index is 0.209. The molecule has 1 aromatic rings. The summed E-state index contributed by atoms with van der Waals surface area (Å²) in [6.45, 7) is 6.47. The van der Waals surface area contributed by atoms with Gasteiger partial charge in [0.05, 0.1) is 0 Å². The summed E-state index contributed by atoms with van der Waals surface area (Å²) in [4.78, 5) is 23.3. The van der Waals surface area contributed by atoms with E-state index in [1.807, 2.05) is 11.1 Å². The van der Waals surface area contributed by atoms with Crippen LogP contribution in [0.3, 0.4) is 0 Å². The summed E-state index contributed by atoms with van der Waals surface area (Å²) >= 11 is 1.74. The number of thiazole rings is 1. The number of anilines is 1. The molecule has 5 nitrogen and oxygen atoms in total. The van der Waals surface area contributed by atoms with Gasteiger partial charge in [0.15, 0.2) is 5.13 Å². The van der Waals surface area contributed by atoms with Gasteiger partial charge in [0.25, 0.3) is 0 Å². The minimum Gasteiger partial charge on any atom is -0.313 e. The Morgan fingerprint density at radius 2 is 2.09 bits per heavy atom. The van der Waals surface area contributed by atoms with Gasteiger partial charge in [-0.15, -0.1) is 11.3 Å². The number of nitrogens with zero attached hydrogens (tertiary/aromatic N) is 3. The summed E-state index contributed by atoms with van der Waals surface area (Å²) in [5.74, 6) is 0.874. The van der Waals surface area contributed by atoms with Crippen molar-refractivity contribution in [2.75, 3.05) is 37.6 Å². The summed E-state index contributed by atoms with van der Waals surface area (Å²) in [7, 11) is 0. The van der Waals surface area contributed by atoms with Crippen LogP contribution in [0.4, 0.5) is 5.13 Å². The molecule has 0 unspecified atom stereocenters. The highest BCUT2D eigenvalue weighted by atomic mass is 32.1. The summed E-state index contributed by atoms with van der Waals surface area (Å²) in [5.41, 5.74) is -0.410. The van der Waals surface area contributed by atoms with Crippen molar-refractivity contribution in [3.05, 3.63) is 11.1 Å². The van der Waals surface area contributed by atoms with Gasteiger partial charge in [-0.25, -0.2) is 4.98 Å². The molecule has 1 aliphatic carbocycles. The SMILES string of the molecule is C[C@@]12CNCCN1CCN(c1ncc(C3CCCCC3)s1)C2=O. The van der Waals surface area contributed by atoms with E-state index < -0.39 is 5.54 Å². The fraction of sp³-hybridized carbons (Fsp3) is 0.765. The van der Waals surface area contributed by atoms with Crippen molar-refractivity contribution in [1.29, 1.82) is 0 Å². The van der Waals surface area contributed by atoms with Crippen LogP contribution >= 0.6 is 11.3 Å². The molecule has 0 spiro atoms. The second-order valence-corrected chi connectivity index (χ2v) is 8.32. The van der Waals surface area contributed by atoms with Gasteiger partial charge < -0.3 is 5.32 Å². The predicted molar refractivity (Wildman–Crippen MR) is 93.1 cm³/mol. The lowest BCUT2D eigenvalue weighted by molar-refractivity contribution is -0.133. The average molecular weight is 334 g/mol. The summed E-state index contributed by atoms with van der Waals surface area (Å²) < 4.78 is 0. The first-order valence-corrected chi connectivity index (χ1v) is 9.73. The predicted octanol–water partition coefficient (Wildman–Crippen LogP) is 2.20. The lowest BCUT2D eigenvalue weighted by Gasteiger charge is -2.49. The Hall–Kier alpha value is -0.980. The minimum atomic E-state index is -0.410. The molecule has 0 aromatic carbocycles. The lowest BCUT2D eigenvalue weighted by Crippen LogP contribution is -2.71. The van der Waals surface area contributed by atoms with Gasteiger partial charge in [0.1, 0.15) is 5.54 Å². The van der Waals surface area contributed by atoms with Crippen LogP contribution in [0.25, 0.3) is 0 Å². The van der Waals surface area contributed by atoms with Gasteiger partial charge >= 0.3 is 0 Å². The molecule has 2 aliphatic heterocycles. The van der Waals surface area contributed by atoms with Crippen molar-refractivity contribution in [1.82, 2.24) is 15.2 Å². The molecule has 0 bridgehead atoms. The molecule has 1 aromatic heterocycles. The fourth-order valence-electron chi connectivity index (χ4n) is 4.25. The molecule has 23 heavy (non-hydrogen) atoms. The highest BCUT2D eigenvalue weighted by Gasteiger charge is 2.47. The smallest absolute Gasteiger partial charge is 0.250 e. The number of rotatable bonds is 2. The van der Waals surface area contributed by atoms with Crippen molar-refractivity contribution in [3.63, 3.8) is 0 Å². The van der Waals surface area contributed by atoms with Gasteiger partial charge in [-0.05, 0) is 25.7 Å². The highest BCUT2D eigenvalue weighted by molar-refractivity contribution is 7.15. The van der Waals surface area contributed by atoms with Crippen LogP contribution < -0.4 is 10.2 Å². The zero-order valence-corrected chi connectivity index (χ0v) is 14.7. The zero-order valence-electron chi connectivity index (χ0n) is 13.9. The van der Waals surface area contributed by atoms with Crippen LogP contribution in [-0.2, 0) is 4.79 Å². The average Bonchev–Trinajstić information content (AvgIpc) is 3.07. The van der Waals surface area contributed by atoms with Crippen molar-refractivity contribution in [2.45, 2.75) is 50.5 Å². The number of hydrogen-bond acceptors (Lipinski definition) is 5. The fourth-order valence-corrected chi connectivity index (χ4v) is 5.36. The van der Waals surface area contributed by atoms with Gasteiger partial charge in [-0.3, -0.25) is 14.6 Å². The highest BCUT2D eigenvalue weighted by Crippen LogP contribution is 2.38. The molecule has 0 radical (unpaired) electrons. The zero-order chi connectivity index (χ0) is 15.9. The molecule has 1 N–H and O–H groups in total. The third kappa shape index (κ3) is 2.71. The van der Waals surface area contributed by atoms with Crippen LogP contribution in [0.1, 0.15) is 49.8 Å². The first-order chi connectivity index (χ1) is 11.2. The quantitative estimate of drug-likeness (QED) is 0.901. The molecule has 3 heterocycles. The van der Waals surface area contributed by atoms with E-state index in [1.165, 1.54) is 37.0 Å². The Kier molecular flexibility index (Phi) is 4.15. The molecule has 3 fully saturated rings. The first kappa shape index (κ1) is 15.5. The standard InChI is InChI=1S/C17H26N4OS/c1-17-12-18-7-8-20(17)9-10-21(15(17)22)16-19-11-14(23-16)13-5-3-2-4-6-13/h11,13,18H,2-10,12H2,1H3/t17-/m0/s1. The van der Waals surface area contributed by atoms with Gasteiger partial charge in [-0.1, -0.05) is 19.3 Å². The second-order valence-electron chi connectivity index (χ2n) is 7.27. The molecule has 3 aliphatic rings. The maximum absolute atomic E-state index is 13.1. The lowest BCUT2D eigenvalue weighted by atomic mass is 9.89. The van der Waals surface area contributed by atoms with Crippen LogP contribution in [-0.4, -0.2) is 54.1 Å². The molecular formula is C17H26N4OS. The third-order valence-electron chi connectivity index (χ3n) is 5.77. The summed E-state index contributed by atoms with van der Waals surface area (Å²) in [6, 6.07) is 0. The van der Waals surface area contributed by atoms with Crippen LogP contribution in [0.2, 0.25) is 0 Å². The number of piperazine rings is 2. The van der Waals surface area contributed by atoms with E-state index in [-0.39, 0.29) is 5.91 Å². The van der Waals surface area contributed by atoms with E-state index in [2.05, 4.69) is 22.1 Å². The van der Waals surface area contributed by atoms with Gasteiger partial charge in [-0.2, -0.15) is 0 Å². The number of amides is 1. The third-order valence-corrected chi connectivity index (χ3v) is 6.96. The van der Waals surface area contributed by atoms with E-state index in [0.29, 0.717) is 5.92 Å². The first-order valence-electron chi connectivity index (χ1n) is 8.92. The molecular weight excluding hydrogens is 308 g/mol. The molecule has 1 saturated carbocycles. The van der Waals surface area contributed by atoms with E-state index in [4.69, 9.17) is 0 Å². The molecule has 4 rings (SSSR count). The Labute approximate surface area is 142 Å². The number of hydrogen-bond donors (Lipinski definition) is 1. The number of fused-ring (bicyclic) bond motifs is 1.